The van der Waals surface area contributed by atoms with Gasteiger partial charge in [0.1, 0.15) is 0 Å². The Balaban J connectivity index is 2.59. The largest absolute Gasteiger partial charge is 0.466 e. The normalized spacial score (nSPS) is 23.0. The van der Waals surface area contributed by atoms with Gasteiger partial charge < -0.3 is 9.16 Å². The molecule has 30 heavy (non-hydrogen) atoms. The number of cyclic esters (lactones) is 1. The maximum Gasteiger partial charge on any atom is 0.305 e. The molecule has 0 radical (unpaired) electrons. The lowest BCUT2D eigenvalue weighted by atomic mass is 9.98. The minimum absolute atomic E-state index is 0.00155. The third kappa shape index (κ3) is 11.7. The van der Waals surface area contributed by atoms with Crippen molar-refractivity contribution in [3.05, 3.63) is 12.2 Å². The lowest BCUT2D eigenvalue weighted by Crippen LogP contribution is -2.40. The van der Waals surface area contributed by atoms with Gasteiger partial charge in [-0.05, 0) is 50.2 Å². The summed E-state index contributed by atoms with van der Waals surface area (Å²) in [5.74, 6) is -0.00155. The topological polar surface area (TPSA) is 35.5 Å². The van der Waals surface area contributed by atoms with Crippen LogP contribution in [0.3, 0.4) is 0 Å². The molecule has 176 valence electrons. The first-order chi connectivity index (χ1) is 14.6. The number of esters is 1. The van der Waals surface area contributed by atoms with E-state index in [1.165, 1.54) is 75.1 Å². The molecule has 3 nitrogen and oxygen atoms in total. The van der Waals surface area contributed by atoms with Crippen LogP contribution in [0.1, 0.15) is 117 Å². The third-order valence-electron chi connectivity index (χ3n) is 7.03. The van der Waals surface area contributed by atoms with Crippen LogP contribution in [0.15, 0.2) is 12.2 Å². The number of hydrogen-bond donors (Lipinski definition) is 0. The van der Waals surface area contributed by atoms with E-state index in [0.29, 0.717) is 13.0 Å². The SMILES string of the molecule is C=C1CCCCCCCCOC(=O)CCCCCCCCC1O[Si](CC)(CC)CC. The van der Waals surface area contributed by atoms with Crippen molar-refractivity contribution in [2.24, 2.45) is 0 Å². The quantitative estimate of drug-likeness (QED) is 0.246. The molecule has 1 rings (SSSR count). The Morgan fingerprint density at radius 1 is 0.800 bits per heavy atom. The van der Waals surface area contributed by atoms with Crippen LogP contribution in [-0.4, -0.2) is 27.0 Å². The predicted molar refractivity (Wildman–Crippen MR) is 131 cm³/mol. The first kappa shape index (κ1) is 27.4. The molecule has 0 N–H and O–H groups in total. The van der Waals surface area contributed by atoms with Crippen molar-refractivity contribution in [1.82, 2.24) is 0 Å². The third-order valence-corrected chi connectivity index (χ3v) is 11.7. The van der Waals surface area contributed by atoms with Crippen LogP contribution in [0, 0.1) is 0 Å². The zero-order chi connectivity index (χ0) is 22.1. The van der Waals surface area contributed by atoms with Crippen molar-refractivity contribution in [3.8, 4) is 0 Å². The van der Waals surface area contributed by atoms with Gasteiger partial charge in [0.15, 0.2) is 8.32 Å². The summed E-state index contributed by atoms with van der Waals surface area (Å²) in [5.41, 5.74) is 1.35. The molecule has 4 heteroatoms. The van der Waals surface area contributed by atoms with E-state index in [2.05, 4.69) is 27.4 Å². The van der Waals surface area contributed by atoms with Crippen molar-refractivity contribution in [2.75, 3.05) is 6.61 Å². The van der Waals surface area contributed by atoms with Gasteiger partial charge >= 0.3 is 5.97 Å². The summed E-state index contributed by atoms with van der Waals surface area (Å²) in [6.07, 6.45) is 17.4. The zero-order valence-electron chi connectivity index (χ0n) is 20.4. The van der Waals surface area contributed by atoms with Crippen LogP contribution >= 0.6 is 0 Å². The highest BCUT2D eigenvalue weighted by atomic mass is 28.4. The molecule has 1 heterocycles. The van der Waals surface area contributed by atoms with Crippen LogP contribution in [-0.2, 0) is 14.0 Å². The molecule has 0 aromatic carbocycles. The Labute approximate surface area is 188 Å². The molecule has 0 aromatic heterocycles. The first-order valence-corrected chi connectivity index (χ1v) is 15.6. The Morgan fingerprint density at radius 3 is 1.90 bits per heavy atom. The maximum absolute atomic E-state index is 11.8. The maximum atomic E-state index is 11.8. The fourth-order valence-corrected chi connectivity index (χ4v) is 7.42. The molecule has 1 aliphatic rings. The second-order valence-electron chi connectivity index (χ2n) is 9.26. The Hall–Kier alpha value is -0.613. The van der Waals surface area contributed by atoms with Crippen LogP contribution in [0.25, 0.3) is 0 Å². The fraction of sp³-hybridized carbons (Fsp3) is 0.885. The minimum Gasteiger partial charge on any atom is -0.466 e. The Bertz CT molecular complexity index is 451. The summed E-state index contributed by atoms with van der Waals surface area (Å²) in [4.78, 5) is 11.8. The van der Waals surface area contributed by atoms with Gasteiger partial charge in [-0.2, -0.15) is 0 Å². The Kier molecular flexibility index (Phi) is 15.5. The fourth-order valence-electron chi connectivity index (χ4n) is 4.53. The molecule has 1 aliphatic heterocycles. The van der Waals surface area contributed by atoms with E-state index in [0.717, 1.165) is 38.5 Å². The summed E-state index contributed by atoms with van der Waals surface area (Å²) in [6, 6.07) is 3.64. The van der Waals surface area contributed by atoms with Crippen LogP contribution in [0.5, 0.6) is 0 Å². The van der Waals surface area contributed by atoms with Gasteiger partial charge in [0.05, 0.1) is 12.7 Å². The number of ether oxygens (including phenoxy) is 1. The summed E-state index contributed by atoms with van der Waals surface area (Å²) in [7, 11) is -1.60. The van der Waals surface area contributed by atoms with Crippen molar-refractivity contribution in [2.45, 2.75) is 141 Å². The van der Waals surface area contributed by atoms with E-state index in [4.69, 9.17) is 9.16 Å². The Morgan fingerprint density at radius 2 is 1.30 bits per heavy atom. The van der Waals surface area contributed by atoms with Crippen molar-refractivity contribution in [3.63, 3.8) is 0 Å². The van der Waals surface area contributed by atoms with E-state index in [1.807, 2.05) is 0 Å². The molecule has 1 fully saturated rings. The highest BCUT2D eigenvalue weighted by Gasteiger charge is 2.32. The van der Waals surface area contributed by atoms with Crippen molar-refractivity contribution >= 4 is 14.3 Å². The van der Waals surface area contributed by atoms with Gasteiger partial charge in [0.2, 0.25) is 0 Å². The first-order valence-electron chi connectivity index (χ1n) is 13.1. The zero-order valence-corrected chi connectivity index (χ0v) is 21.4. The van der Waals surface area contributed by atoms with Gasteiger partial charge in [-0.25, -0.2) is 0 Å². The molecule has 0 aliphatic carbocycles. The standard InChI is InChI=1S/C26H50O3Si/c1-5-30(6-2,7-3)29-25-21-17-13-8-9-14-18-22-26(27)28-23-19-15-11-10-12-16-20-24(25)4/h25H,4-23H2,1-3H3. The molecular formula is C26H50O3Si. The van der Waals surface area contributed by atoms with E-state index in [9.17, 15) is 4.79 Å². The average molecular weight is 439 g/mol. The van der Waals surface area contributed by atoms with E-state index < -0.39 is 8.32 Å². The number of rotatable bonds is 5. The van der Waals surface area contributed by atoms with Gasteiger partial charge in [0.25, 0.3) is 0 Å². The summed E-state index contributed by atoms with van der Waals surface area (Å²) >= 11 is 0. The second kappa shape index (κ2) is 17.0. The molecule has 1 atom stereocenters. The summed E-state index contributed by atoms with van der Waals surface area (Å²) in [6.45, 7) is 12.1. The number of hydrogen-bond acceptors (Lipinski definition) is 3. The molecule has 1 saturated heterocycles. The smallest absolute Gasteiger partial charge is 0.305 e. The highest BCUT2D eigenvalue weighted by Crippen LogP contribution is 2.29. The monoisotopic (exact) mass is 438 g/mol. The average Bonchev–Trinajstić information content (AvgIpc) is 2.76. The summed E-state index contributed by atoms with van der Waals surface area (Å²) in [5, 5.41) is 0. The highest BCUT2D eigenvalue weighted by molar-refractivity contribution is 6.73. The van der Waals surface area contributed by atoms with Gasteiger partial charge in [-0.1, -0.05) is 90.7 Å². The number of carbonyl (C=O) groups is 1. The van der Waals surface area contributed by atoms with Crippen LogP contribution in [0.4, 0.5) is 0 Å². The van der Waals surface area contributed by atoms with Crippen LogP contribution in [0.2, 0.25) is 18.1 Å². The van der Waals surface area contributed by atoms with Crippen molar-refractivity contribution < 1.29 is 14.0 Å². The predicted octanol–water partition coefficient (Wildman–Crippen LogP) is 8.34. The molecule has 1 unspecified atom stereocenters. The van der Waals surface area contributed by atoms with Gasteiger partial charge in [-0.15, -0.1) is 0 Å². The lowest BCUT2D eigenvalue weighted by molar-refractivity contribution is -0.143. The molecule has 0 bridgehead atoms. The van der Waals surface area contributed by atoms with E-state index >= 15 is 0 Å². The molecular weight excluding hydrogens is 388 g/mol. The number of carbonyl (C=O) groups excluding carboxylic acids is 1. The minimum atomic E-state index is -1.60. The molecule has 0 spiro atoms. The molecule has 0 aromatic rings. The molecule has 0 saturated carbocycles. The van der Waals surface area contributed by atoms with Gasteiger partial charge in [0, 0.05) is 6.42 Å². The summed E-state index contributed by atoms with van der Waals surface area (Å²) < 4.78 is 12.3. The van der Waals surface area contributed by atoms with E-state index in [-0.39, 0.29) is 12.1 Å². The second-order valence-corrected chi connectivity index (χ2v) is 14.0. The van der Waals surface area contributed by atoms with Crippen LogP contribution < -0.4 is 0 Å². The molecule has 0 amide bonds. The van der Waals surface area contributed by atoms with Crippen molar-refractivity contribution in [1.29, 1.82) is 0 Å². The van der Waals surface area contributed by atoms with Gasteiger partial charge in [-0.3, -0.25) is 4.79 Å². The van der Waals surface area contributed by atoms with E-state index in [1.54, 1.807) is 0 Å². The lowest BCUT2D eigenvalue weighted by Gasteiger charge is -2.34.